The van der Waals surface area contributed by atoms with E-state index in [1.165, 1.54) is 10.9 Å². The molecule has 1 atom stereocenters. The zero-order chi connectivity index (χ0) is 13.9. The van der Waals surface area contributed by atoms with E-state index in [1.54, 1.807) is 7.05 Å². The van der Waals surface area contributed by atoms with Crippen molar-refractivity contribution in [1.29, 1.82) is 0 Å². The van der Waals surface area contributed by atoms with Crippen LogP contribution in [0.15, 0.2) is 30.5 Å². The second-order valence-corrected chi connectivity index (χ2v) is 5.06. The van der Waals surface area contributed by atoms with Gasteiger partial charge in [0.1, 0.15) is 6.10 Å². The molecule has 1 saturated heterocycles. The molecule has 0 saturated carbocycles. The predicted octanol–water partition coefficient (Wildman–Crippen LogP) is 1.11. The lowest BCUT2D eigenvalue weighted by atomic mass is 10.1. The Morgan fingerprint density at radius 2 is 2.40 bits per heavy atom. The molecule has 0 unspecified atom stereocenters. The van der Waals surface area contributed by atoms with Crippen molar-refractivity contribution in [3.8, 4) is 0 Å². The Morgan fingerprint density at radius 3 is 3.25 bits per heavy atom. The van der Waals surface area contributed by atoms with Crippen LogP contribution in [0.1, 0.15) is 5.56 Å². The largest absolute Gasteiger partial charge is 0.366 e. The standard InChI is InChI=1S/C15H19N3O2/c1-16-15(19)14-10-18(7-8-20-14)9-11-3-2-4-13-12(11)5-6-17-13/h2-6,14,17H,7-10H2,1H3,(H,16,19)/t14-/m0/s1. The van der Waals surface area contributed by atoms with Crippen molar-refractivity contribution in [2.45, 2.75) is 12.6 Å². The van der Waals surface area contributed by atoms with E-state index < -0.39 is 0 Å². The molecule has 0 radical (unpaired) electrons. The molecular formula is C15H19N3O2. The van der Waals surface area contributed by atoms with Gasteiger partial charge in [-0.2, -0.15) is 0 Å². The predicted molar refractivity (Wildman–Crippen MR) is 77.4 cm³/mol. The number of nitrogens with zero attached hydrogens (tertiary/aromatic N) is 1. The molecule has 106 valence electrons. The molecule has 1 aromatic carbocycles. The summed E-state index contributed by atoms with van der Waals surface area (Å²) in [7, 11) is 1.64. The molecule has 0 aliphatic carbocycles. The van der Waals surface area contributed by atoms with Gasteiger partial charge in [-0.05, 0) is 17.7 Å². The number of benzene rings is 1. The maximum atomic E-state index is 11.7. The molecule has 1 fully saturated rings. The summed E-state index contributed by atoms with van der Waals surface area (Å²) >= 11 is 0. The van der Waals surface area contributed by atoms with E-state index >= 15 is 0 Å². The summed E-state index contributed by atoms with van der Waals surface area (Å²) in [4.78, 5) is 17.2. The summed E-state index contributed by atoms with van der Waals surface area (Å²) in [5.41, 5.74) is 2.43. The molecule has 0 bridgehead atoms. The minimum atomic E-state index is -0.362. The van der Waals surface area contributed by atoms with Gasteiger partial charge in [0.05, 0.1) is 6.61 Å². The van der Waals surface area contributed by atoms with Gasteiger partial charge in [0.25, 0.3) is 0 Å². The highest BCUT2D eigenvalue weighted by atomic mass is 16.5. The Labute approximate surface area is 117 Å². The minimum absolute atomic E-state index is 0.0467. The van der Waals surface area contributed by atoms with Gasteiger partial charge in [-0.1, -0.05) is 12.1 Å². The number of likely N-dealkylation sites (N-methyl/N-ethyl adjacent to an activating group) is 1. The molecule has 2 N–H and O–H groups in total. The number of H-pyrrole nitrogens is 1. The molecule has 20 heavy (non-hydrogen) atoms. The lowest BCUT2D eigenvalue weighted by Crippen LogP contribution is -2.48. The second-order valence-electron chi connectivity index (χ2n) is 5.06. The summed E-state index contributed by atoms with van der Waals surface area (Å²) < 4.78 is 5.51. The zero-order valence-corrected chi connectivity index (χ0v) is 11.6. The first-order chi connectivity index (χ1) is 9.78. The van der Waals surface area contributed by atoms with Gasteiger partial charge in [0.2, 0.25) is 5.91 Å². The number of hydrogen-bond donors (Lipinski definition) is 2. The van der Waals surface area contributed by atoms with Gasteiger partial charge in [-0.15, -0.1) is 0 Å². The van der Waals surface area contributed by atoms with Crippen molar-refractivity contribution in [3.63, 3.8) is 0 Å². The van der Waals surface area contributed by atoms with Gasteiger partial charge in [-0.25, -0.2) is 0 Å². The molecule has 1 aliphatic heterocycles. The highest BCUT2D eigenvalue weighted by Gasteiger charge is 2.25. The smallest absolute Gasteiger partial charge is 0.250 e. The normalized spacial score (nSPS) is 20.1. The molecule has 2 heterocycles. The van der Waals surface area contributed by atoms with Crippen LogP contribution in [0.2, 0.25) is 0 Å². The first-order valence-corrected chi connectivity index (χ1v) is 6.88. The monoisotopic (exact) mass is 273 g/mol. The first kappa shape index (κ1) is 13.1. The van der Waals surface area contributed by atoms with E-state index in [0.29, 0.717) is 13.2 Å². The van der Waals surface area contributed by atoms with Crippen LogP contribution in [0, 0.1) is 0 Å². The number of morpholine rings is 1. The molecule has 2 aromatic rings. The van der Waals surface area contributed by atoms with Crippen molar-refractivity contribution >= 4 is 16.8 Å². The third kappa shape index (κ3) is 2.55. The lowest BCUT2D eigenvalue weighted by Gasteiger charge is -2.32. The van der Waals surface area contributed by atoms with Crippen LogP contribution < -0.4 is 5.32 Å². The zero-order valence-electron chi connectivity index (χ0n) is 11.6. The van der Waals surface area contributed by atoms with Gasteiger partial charge in [0, 0.05) is 43.8 Å². The fourth-order valence-corrected chi connectivity index (χ4v) is 2.70. The number of carbonyl (C=O) groups excluding carboxylic acids is 1. The van der Waals surface area contributed by atoms with E-state index in [9.17, 15) is 4.79 Å². The Bertz CT molecular complexity index is 608. The van der Waals surface area contributed by atoms with Crippen LogP contribution in [-0.4, -0.2) is 48.6 Å². The van der Waals surface area contributed by atoms with Crippen molar-refractivity contribution in [1.82, 2.24) is 15.2 Å². The number of rotatable bonds is 3. The van der Waals surface area contributed by atoms with Crippen molar-refractivity contribution in [2.24, 2.45) is 0 Å². The highest BCUT2D eigenvalue weighted by Crippen LogP contribution is 2.20. The number of aromatic nitrogens is 1. The Hall–Kier alpha value is -1.85. The quantitative estimate of drug-likeness (QED) is 0.881. The maximum absolute atomic E-state index is 11.7. The van der Waals surface area contributed by atoms with Crippen molar-refractivity contribution < 1.29 is 9.53 Å². The third-order valence-corrected chi connectivity index (χ3v) is 3.77. The third-order valence-electron chi connectivity index (χ3n) is 3.77. The average Bonchev–Trinajstić information content (AvgIpc) is 2.96. The lowest BCUT2D eigenvalue weighted by molar-refractivity contribution is -0.138. The maximum Gasteiger partial charge on any atom is 0.250 e. The average molecular weight is 273 g/mol. The van der Waals surface area contributed by atoms with Crippen LogP contribution in [0.5, 0.6) is 0 Å². The fraction of sp³-hybridized carbons (Fsp3) is 0.400. The summed E-state index contributed by atoms with van der Waals surface area (Å²) in [6, 6.07) is 8.37. The number of nitrogens with one attached hydrogen (secondary N) is 2. The second kappa shape index (κ2) is 5.64. The molecule has 5 nitrogen and oxygen atoms in total. The topological polar surface area (TPSA) is 57.4 Å². The Balaban J connectivity index is 1.74. The van der Waals surface area contributed by atoms with E-state index in [2.05, 4.69) is 39.5 Å². The number of carbonyl (C=O) groups is 1. The molecular weight excluding hydrogens is 254 g/mol. The minimum Gasteiger partial charge on any atom is -0.366 e. The molecule has 1 aliphatic rings. The summed E-state index contributed by atoms with van der Waals surface area (Å²) in [5, 5.41) is 3.89. The number of amides is 1. The van der Waals surface area contributed by atoms with Crippen molar-refractivity contribution in [2.75, 3.05) is 26.7 Å². The number of ether oxygens (including phenoxy) is 1. The van der Waals surface area contributed by atoms with E-state index in [-0.39, 0.29) is 12.0 Å². The molecule has 3 rings (SSSR count). The highest BCUT2D eigenvalue weighted by molar-refractivity contribution is 5.83. The molecule has 1 aromatic heterocycles. The van der Waals surface area contributed by atoms with Crippen LogP contribution in [0.3, 0.4) is 0 Å². The number of aromatic amines is 1. The summed E-state index contributed by atoms with van der Waals surface area (Å²) in [6.45, 7) is 2.93. The van der Waals surface area contributed by atoms with Gasteiger partial charge in [0.15, 0.2) is 0 Å². The van der Waals surface area contributed by atoms with E-state index in [0.717, 1.165) is 18.6 Å². The van der Waals surface area contributed by atoms with Crippen LogP contribution in [0.4, 0.5) is 0 Å². The molecule has 5 heteroatoms. The molecule has 1 amide bonds. The van der Waals surface area contributed by atoms with Crippen LogP contribution in [0.25, 0.3) is 10.9 Å². The van der Waals surface area contributed by atoms with Gasteiger partial charge in [-0.3, -0.25) is 9.69 Å². The van der Waals surface area contributed by atoms with Gasteiger partial charge >= 0.3 is 0 Å². The Kier molecular flexibility index (Phi) is 3.71. The van der Waals surface area contributed by atoms with E-state index in [1.807, 2.05) is 6.20 Å². The first-order valence-electron chi connectivity index (χ1n) is 6.88. The molecule has 0 spiro atoms. The fourth-order valence-electron chi connectivity index (χ4n) is 2.70. The van der Waals surface area contributed by atoms with Gasteiger partial charge < -0.3 is 15.0 Å². The summed E-state index contributed by atoms with van der Waals surface area (Å²) in [5.74, 6) is -0.0467. The number of fused-ring (bicyclic) bond motifs is 1. The van der Waals surface area contributed by atoms with E-state index in [4.69, 9.17) is 4.74 Å². The van der Waals surface area contributed by atoms with Crippen LogP contribution in [-0.2, 0) is 16.1 Å². The Morgan fingerprint density at radius 1 is 1.50 bits per heavy atom. The van der Waals surface area contributed by atoms with Crippen molar-refractivity contribution in [3.05, 3.63) is 36.0 Å². The van der Waals surface area contributed by atoms with Crippen LogP contribution >= 0.6 is 0 Å². The summed E-state index contributed by atoms with van der Waals surface area (Å²) in [6.07, 6.45) is 1.60. The SMILES string of the molecule is CNC(=O)[C@@H]1CN(Cc2cccc3[nH]ccc23)CCO1. The number of hydrogen-bond acceptors (Lipinski definition) is 3.